The molecule has 4 aromatic carbocycles. The average molecular weight is 845 g/mol. The zero-order valence-corrected chi connectivity index (χ0v) is 40.4. The van der Waals surface area contributed by atoms with Crippen LogP contribution in [0.25, 0.3) is 0 Å². The smallest absolute Gasteiger partial charge is 0.321 e. The van der Waals surface area contributed by atoms with Crippen molar-refractivity contribution in [3.8, 4) is 23.0 Å². The molecule has 4 aromatic rings. The van der Waals surface area contributed by atoms with Crippen LogP contribution < -0.4 is 18.9 Å². The Bertz CT molecular complexity index is 2110. The number of esters is 2. The lowest BCUT2D eigenvalue weighted by atomic mass is 9.64. The van der Waals surface area contributed by atoms with E-state index in [4.69, 9.17) is 18.9 Å². The van der Waals surface area contributed by atoms with Gasteiger partial charge in [0.05, 0.1) is 5.92 Å². The van der Waals surface area contributed by atoms with Gasteiger partial charge in [-0.2, -0.15) is 0 Å². The minimum atomic E-state index is -0.891. The molecule has 0 saturated heterocycles. The van der Waals surface area contributed by atoms with Gasteiger partial charge in [-0.25, -0.2) is 0 Å². The van der Waals surface area contributed by atoms with Crippen LogP contribution in [0.4, 0.5) is 0 Å². The Balaban J connectivity index is 1.38. The number of hydrogen-bond acceptors (Lipinski definition) is 6. The van der Waals surface area contributed by atoms with Gasteiger partial charge < -0.3 is 18.9 Å². The highest BCUT2D eigenvalue weighted by Crippen LogP contribution is 2.49. The summed E-state index contributed by atoms with van der Waals surface area (Å²) in [5.41, 5.74) is 4.61. The summed E-state index contributed by atoms with van der Waals surface area (Å²) in [4.78, 5) is 27.1. The number of benzene rings is 4. The van der Waals surface area contributed by atoms with Crippen LogP contribution in [-0.2, 0) is 20.4 Å². The van der Waals surface area contributed by atoms with Crippen molar-refractivity contribution in [3.63, 3.8) is 0 Å². The van der Waals surface area contributed by atoms with Gasteiger partial charge in [-0.3, -0.25) is 9.59 Å². The van der Waals surface area contributed by atoms with E-state index in [9.17, 15) is 9.59 Å². The van der Waals surface area contributed by atoms with Gasteiger partial charge in [0, 0.05) is 10.8 Å². The molecule has 0 spiro atoms. The van der Waals surface area contributed by atoms with Gasteiger partial charge >= 0.3 is 11.9 Å². The van der Waals surface area contributed by atoms with E-state index in [-0.39, 0.29) is 34.3 Å². The molecule has 1 saturated carbocycles. The van der Waals surface area contributed by atoms with Gasteiger partial charge in [0.1, 0.15) is 39.6 Å². The highest BCUT2D eigenvalue weighted by atomic mass is 16.5. The molecule has 62 heavy (non-hydrogen) atoms. The molecule has 6 nitrogen and oxygen atoms in total. The Morgan fingerprint density at radius 1 is 0.597 bits per heavy atom. The molecule has 0 bridgehead atoms. The Morgan fingerprint density at radius 3 is 1.55 bits per heavy atom. The Hall–Kier alpha value is -4.58. The third-order valence-electron chi connectivity index (χ3n) is 14.9. The lowest BCUT2D eigenvalue weighted by Gasteiger charge is -2.47. The molecule has 5 rings (SSSR count). The zero-order valence-electron chi connectivity index (χ0n) is 40.4. The largest absolute Gasteiger partial charge is 0.488 e. The molecule has 1 fully saturated rings. The van der Waals surface area contributed by atoms with E-state index < -0.39 is 11.0 Å². The quantitative estimate of drug-likeness (QED) is 0.0692. The number of carbonyl (C=O) groups is 2. The Morgan fingerprint density at radius 2 is 1.10 bits per heavy atom. The summed E-state index contributed by atoms with van der Waals surface area (Å²) in [5.74, 6) is 2.23. The van der Waals surface area contributed by atoms with Gasteiger partial charge in [-0.15, -0.1) is 0 Å². The fraction of sp³-hybridized carbons (Fsp3) is 0.536. The summed E-state index contributed by atoms with van der Waals surface area (Å²) < 4.78 is 25.6. The van der Waals surface area contributed by atoms with Crippen LogP contribution in [0.1, 0.15) is 180 Å². The van der Waals surface area contributed by atoms with Crippen LogP contribution in [0.2, 0.25) is 0 Å². The minimum Gasteiger partial charge on any atom is -0.488 e. The molecule has 0 heterocycles. The lowest BCUT2D eigenvalue weighted by Crippen LogP contribution is -2.57. The molecule has 0 aliphatic heterocycles. The lowest BCUT2D eigenvalue weighted by molar-refractivity contribution is -0.165. The summed E-state index contributed by atoms with van der Waals surface area (Å²) in [5, 5.41) is 0. The van der Waals surface area contributed by atoms with E-state index in [1.807, 2.05) is 56.3 Å². The first-order valence-electron chi connectivity index (χ1n) is 23.7. The second-order valence-electron chi connectivity index (χ2n) is 19.2. The summed E-state index contributed by atoms with van der Waals surface area (Å²) in [7, 11) is 0. The van der Waals surface area contributed by atoms with Crippen LogP contribution in [0, 0.1) is 25.2 Å². The molecule has 1 aliphatic carbocycles. The van der Waals surface area contributed by atoms with Gasteiger partial charge in [0.2, 0.25) is 0 Å². The van der Waals surface area contributed by atoms with Gasteiger partial charge in [-0.05, 0) is 149 Å². The molecule has 6 heteroatoms. The summed E-state index contributed by atoms with van der Waals surface area (Å²) >= 11 is 0. The molecule has 0 radical (unpaired) electrons. The Kier molecular flexibility index (Phi) is 15.5. The third-order valence-corrected chi connectivity index (χ3v) is 14.9. The number of hydrogen-bond donors (Lipinski definition) is 0. The highest BCUT2D eigenvalue weighted by Gasteiger charge is 2.56. The van der Waals surface area contributed by atoms with Gasteiger partial charge in [0.15, 0.2) is 0 Å². The highest BCUT2D eigenvalue weighted by molar-refractivity contribution is 5.81. The van der Waals surface area contributed by atoms with Crippen molar-refractivity contribution in [2.24, 2.45) is 11.3 Å². The zero-order chi connectivity index (χ0) is 45.5. The van der Waals surface area contributed by atoms with Crippen LogP contribution in [-0.4, -0.2) is 23.1 Å². The van der Waals surface area contributed by atoms with Crippen molar-refractivity contribution in [1.82, 2.24) is 0 Å². The molecular formula is C56H76O6. The van der Waals surface area contributed by atoms with Crippen molar-refractivity contribution >= 4 is 11.9 Å². The van der Waals surface area contributed by atoms with Crippen LogP contribution in [0.3, 0.4) is 0 Å². The first-order valence-corrected chi connectivity index (χ1v) is 23.7. The van der Waals surface area contributed by atoms with E-state index in [2.05, 4.69) is 119 Å². The van der Waals surface area contributed by atoms with E-state index in [0.717, 1.165) is 59.4 Å². The third kappa shape index (κ3) is 9.80. The second kappa shape index (κ2) is 19.9. The minimum absolute atomic E-state index is 0.113. The van der Waals surface area contributed by atoms with Crippen LogP contribution in [0.5, 0.6) is 23.0 Å². The topological polar surface area (TPSA) is 71.1 Å². The Labute approximate surface area is 374 Å². The standard InChI is InChI=1S/C56H76O6/c1-14-39(7)50(57)59-46-29-23-42(24-30-46)53(12,13)43-25-31-47(32-26-43)61-56(18-5,19-6)55(16-3,17-4)51(58)60-48-33-27-44(37-40(48)8)54(35-21-20-22-36-54)45-28-34-49(41(9)38-45)62-52(10,11)15-2/h23-34,37-39H,14-22,35-36H2,1-13H3. The van der Waals surface area contributed by atoms with E-state index in [1.54, 1.807) is 0 Å². The molecule has 1 atom stereocenters. The molecule has 336 valence electrons. The van der Waals surface area contributed by atoms with Crippen molar-refractivity contribution in [3.05, 3.63) is 118 Å². The number of aryl methyl sites for hydroxylation is 2. The van der Waals surface area contributed by atoms with E-state index in [1.165, 1.54) is 30.4 Å². The summed E-state index contributed by atoms with van der Waals surface area (Å²) in [6.07, 6.45) is 9.86. The molecule has 1 aliphatic rings. The fourth-order valence-electron chi connectivity index (χ4n) is 9.78. The van der Waals surface area contributed by atoms with Gasteiger partial charge in [0.25, 0.3) is 0 Å². The molecule has 0 N–H and O–H groups in total. The van der Waals surface area contributed by atoms with Crippen LogP contribution >= 0.6 is 0 Å². The molecule has 0 amide bonds. The number of rotatable bonds is 19. The van der Waals surface area contributed by atoms with E-state index in [0.29, 0.717) is 37.2 Å². The predicted octanol–water partition coefficient (Wildman–Crippen LogP) is 14.7. The van der Waals surface area contributed by atoms with Crippen molar-refractivity contribution in [2.75, 3.05) is 0 Å². The van der Waals surface area contributed by atoms with Crippen molar-refractivity contribution < 1.29 is 28.5 Å². The average Bonchev–Trinajstić information content (AvgIpc) is 3.28. The van der Waals surface area contributed by atoms with Crippen molar-refractivity contribution in [2.45, 2.75) is 183 Å². The SMILES string of the molecule is CCC(C)C(=O)Oc1ccc(C(C)(C)c2ccc(OC(CC)(CC)C(CC)(CC)C(=O)Oc3ccc(C4(c5ccc(OC(C)(C)CC)c(C)c5)CCCCC4)cc3C)cc2)cc1. The maximum absolute atomic E-state index is 14.8. The van der Waals surface area contributed by atoms with Crippen LogP contribution in [0.15, 0.2) is 84.9 Å². The first kappa shape index (κ1) is 48.5. The second-order valence-corrected chi connectivity index (χ2v) is 19.2. The number of carbonyl (C=O) groups excluding carboxylic acids is 2. The van der Waals surface area contributed by atoms with E-state index >= 15 is 0 Å². The molecular weight excluding hydrogens is 769 g/mol. The normalized spacial score (nSPS) is 15.1. The monoisotopic (exact) mass is 845 g/mol. The van der Waals surface area contributed by atoms with Gasteiger partial charge in [-0.1, -0.05) is 130 Å². The first-order chi connectivity index (χ1) is 29.4. The summed E-state index contributed by atoms with van der Waals surface area (Å²) in [6, 6.07) is 29.3. The maximum atomic E-state index is 14.8. The molecule has 1 unspecified atom stereocenters. The summed E-state index contributed by atoms with van der Waals surface area (Å²) in [6.45, 7) is 27.3. The van der Waals surface area contributed by atoms with Crippen molar-refractivity contribution in [1.29, 1.82) is 0 Å². The maximum Gasteiger partial charge on any atom is 0.321 e. The molecule has 0 aromatic heterocycles. The number of ether oxygens (including phenoxy) is 4. The predicted molar refractivity (Wildman–Crippen MR) is 254 cm³/mol. The fourth-order valence-corrected chi connectivity index (χ4v) is 9.78.